The molecule has 0 aliphatic carbocycles. The van der Waals surface area contributed by atoms with E-state index in [0.29, 0.717) is 18.3 Å². The molecule has 0 aromatic heterocycles. The Kier molecular flexibility index (Phi) is 4.80. The molecule has 2 unspecified atom stereocenters. The highest BCUT2D eigenvalue weighted by Crippen LogP contribution is 2.12. The van der Waals surface area contributed by atoms with Gasteiger partial charge in [-0.25, -0.2) is 0 Å². The molecule has 5 heteroatoms. The molecule has 1 fully saturated rings. The van der Waals surface area contributed by atoms with Gasteiger partial charge in [0.1, 0.15) is 0 Å². The third-order valence-corrected chi connectivity index (χ3v) is 3.51. The van der Waals surface area contributed by atoms with Crippen molar-refractivity contribution in [2.75, 3.05) is 24.3 Å². The number of hydrogen-bond donors (Lipinski definition) is 1. The molecule has 13 heavy (non-hydrogen) atoms. The summed E-state index contributed by atoms with van der Waals surface area (Å²) < 4.78 is 10.8. The summed E-state index contributed by atoms with van der Waals surface area (Å²) in [5, 5.41) is 4.32. The molecule has 0 bridgehead atoms. The summed E-state index contributed by atoms with van der Waals surface area (Å²) >= 11 is 1.76. The van der Waals surface area contributed by atoms with E-state index in [0.717, 1.165) is 10.9 Å². The van der Waals surface area contributed by atoms with Crippen LogP contribution >= 0.6 is 11.8 Å². The summed E-state index contributed by atoms with van der Waals surface area (Å²) in [6, 6.07) is 0.534. The van der Waals surface area contributed by atoms with E-state index < -0.39 is 10.8 Å². The number of rotatable bonds is 3. The van der Waals surface area contributed by atoms with Crippen molar-refractivity contribution in [2.24, 2.45) is 4.99 Å². The maximum Gasteiger partial charge on any atom is 0.156 e. The fraction of sp³-hybridized carbons (Fsp3) is 0.875. The second-order valence-corrected chi connectivity index (χ2v) is 5.78. The van der Waals surface area contributed by atoms with Crippen molar-refractivity contribution in [1.82, 2.24) is 5.32 Å². The SMILES string of the molecule is CC1CCSC(=NCCS(C)=O)N1. The molecule has 1 aliphatic heterocycles. The Balaban J connectivity index is 2.28. The summed E-state index contributed by atoms with van der Waals surface area (Å²) in [6.45, 7) is 2.83. The topological polar surface area (TPSA) is 41.5 Å². The van der Waals surface area contributed by atoms with Crippen LogP contribution in [-0.4, -0.2) is 39.7 Å². The quantitative estimate of drug-likeness (QED) is 0.766. The van der Waals surface area contributed by atoms with Gasteiger partial charge in [-0.05, 0) is 13.3 Å². The zero-order valence-electron chi connectivity index (χ0n) is 8.08. The van der Waals surface area contributed by atoms with Crippen LogP contribution in [0.25, 0.3) is 0 Å². The highest BCUT2D eigenvalue weighted by molar-refractivity contribution is 8.13. The summed E-state index contributed by atoms with van der Waals surface area (Å²) in [6.07, 6.45) is 2.91. The molecule has 1 N–H and O–H groups in total. The predicted octanol–water partition coefficient (Wildman–Crippen LogP) is 0.836. The van der Waals surface area contributed by atoms with Gasteiger partial charge < -0.3 is 5.32 Å². The highest BCUT2D eigenvalue weighted by Gasteiger charge is 2.12. The molecule has 0 aromatic rings. The first-order valence-corrected chi connectivity index (χ1v) is 7.13. The largest absolute Gasteiger partial charge is 0.362 e. The van der Waals surface area contributed by atoms with Crippen molar-refractivity contribution in [1.29, 1.82) is 0 Å². The number of aliphatic imine (C=N–C) groups is 1. The third kappa shape index (κ3) is 4.67. The predicted molar refractivity (Wildman–Crippen MR) is 60.9 cm³/mol. The lowest BCUT2D eigenvalue weighted by Crippen LogP contribution is -2.35. The maximum atomic E-state index is 10.8. The number of nitrogens with zero attached hydrogens (tertiary/aromatic N) is 1. The normalized spacial score (nSPS) is 28.5. The van der Waals surface area contributed by atoms with Crippen LogP contribution in [0.5, 0.6) is 0 Å². The molecular weight excluding hydrogens is 204 g/mol. The van der Waals surface area contributed by atoms with Crippen molar-refractivity contribution in [3.8, 4) is 0 Å². The van der Waals surface area contributed by atoms with Gasteiger partial charge in [-0.3, -0.25) is 9.20 Å². The van der Waals surface area contributed by atoms with Gasteiger partial charge in [-0.15, -0.1) is 0 Å². The molecule has 2 atom stereocenters. The molecule has 1 aliphatic rings. The lowest BCUT2D eigenvalue weighted by atomic mass is 10.3. The van der Waals surface area contributed by atoms with Crippen molar-refractivity contribution < 1.29 is 4.21 Å². The van der Waals surface area contributed by atoms with Crippen LogP contribution in [0.1, 0.15) is 13.3 Å². The Morgan fingerprint density at radius 3 is 3.15 bits per heavy atom. The van der Waals surface area contributed by atoms with Gasteiger partial charge in [0, 0.05) is 34.6 Å². The molecule has 0 spiro atoms. The van der Waals surface area contributed by atoms with Crippen molar-refractivity contribution in [2.45, 2.75) is 19.4 Å². The number of hydrogen-bond acceptors (Lipinski definition) is 3. The number of thioether (sulfide) groups is 1. The summed E-state index contributed by atoms with van der Waals surface area (Å²) in [7, 11) is -0.723. The van der Waals surface area contributed by atoms with Crippen molar-refractivity contribution in [3.05, 3.63) is 0 Å². The maximum absolute atomic E-state index is 10.8. The molecule has 0 aromatic carbocycles. The molecule has 0 amide bonds. The van der Waals surface area contributed by atoms with E-state index in [9.17, 15) is 4.21 Å². The number of amidine groups is 1. The van der Waals surface area contributed by atoms with E-state index in [2.05, 4.69) is 17.2 Å². The molecule has 0 saturated carbocycles. The second-order valence-electron chi connectivity index (χ2n) is 3.15. The average molecular weight is 220 g/mol. The van der Waals surface area contributed by atoms with Crippen LogP contribution in [-0.2, 0) is 10.8 Å². The summed E-state index contributed by atoms with van der Waals surface area (Å²) in [5.74, 6) is 1.81. The van der Waals surface area contributed by atoms with Crippen LogP contribution in [0.2, 0.25) is 0 Å². The first-order valence-electron chi connectivity index (χ1n) is 4.42. The molecule has 76 valence electrons. The minimum atomic E-state index is -0.723. The van der Waals surface area contributed by atoms with E-state index in [-0.39, 0.29) is 0 Å². The molecule has 0 radical (unpaired) electrons. The Morgan fingerprint density at radius 1 is 1.77 bits per heavy atom. The molecular formula is C8H16N2OS2. The van der Waals surface area contributed by atoms with Crippen LogP contribution in [0.4, 0.5) is 0 Å². The van der Waals surface area contributed by atoms with Gasteiger partial charge in [-0.2, -0.15) is 0 Å². The minimum Gasteiger partial charge on any atom is -0.362 e. The van der Waals surface area contributed by atoms with E-state index >= 15 is 0 Å². The highest BCUT2D eigenvalue weighted by atomic mass is 32.2. The number of nitrogens with one attached hydrogen (secondary N) is 1. The van der Waals surface area contributed by atoms with Gasteiger partial charge in [-0.1, -0.05) is 11.8 Å². The van der Waals surface area contributed by atoms with Crippen molar-refractivity contribution >= 4 is 27.7 Å². The Hall–Kier alpha value is -0.0300. The first-order chi connectivity index (χ1) is 6.18. The van der Waals surface area contributed by atoms with E-state index in [1.165, 1.54) is 6.42 Å². The summed E-state index contributed by atoms with van der Waals surface area (Å²) in [4.78, 5) is 4.35. The Labute approximate surface area is 86.2 Å². The molecule has 1 rings (SSSR count). The van der Waals surface area contributed by atoms with E-state index in [4.69, 9.17) is 0 Å². The third-order valence-electron chi connectivity index (χ3n) is 1.79. The van der Waals surface area contributed by atoms with Gasteiger partial charge in [0.2, 0.25) is 0 Å². The van der Waals surface area contributed by atoms with Gasteiger partial charge >= 0.3 is 0 Å². The average Bonchev–Trinajstić information content (AvgIpc) is 2.03. The second kappa shape index (κ2) is 5.65. The van der Waals surface area contributed by atoms with E-state index in [1.54, 1.807) is 18.0 Å². The Bertz CT molecular complexity index is 218. The lowest BCUT2D eigenvalue weighted by molar-refractivity contribution is 0.643. The van der Waals surface area contributed by atoms with E-state index in [1.807, 2.05) is 0 Å². The zero-order valence-corrected chi connectivity index (χ0v) is 9.71. The molecule has 1 saturated heterocycles. The van der Waals surface area contributed by atoms with Crippen LogP contribution in [0, 0.1) is 0 Å². The van der Waals surface area contributed by atoms with Crippen LogP contribution < -0.4 is 5.32 Å². The fourth-order valence-corrected chi connectivity index (χ4v) is 2.50. The van der Waals surface area contributed by atoms with Crippen molar-refractivity contribution in [3.63, 3.8) is 0 Å². The van der Waals surface area contributed by atoms with Gasteiger partial charge in [0.05, 0.1) is 6.54 Å². The minimum absolute atomic E-state index is 0.534. The molecule has 1 heterocycles. The van der Waals surface area contributed by atoms with Gasteiger partial charge in [0.15, 0.2) is 5.17 Å². The zero-order chi connectivity index (χ0) is 9.68. The van der Waals surface area contributed by atoms with Gasteiger partial charge in [0.25, 0.3) is 0 Å². The summed E-state index contributed by atoms with van der Waals surface area (Å²) in [5.41, 5.74) is 0. The fourth-order valence-electron chi connectivity index (χ4n) is 1.02. The van der Waals surface area contributed by atoms with Crippen LogP contribution in [0.15, 0.2) is 4.99 Å². The van der Waals surface area contributed by atoms with Crippen LogP contribution in [0.3, 0.4) is 0 Å². The standard InChI is InChI=1S/C8H16N2OS2/c1-7-3-5-12-8(10-7)9-4-6-13(2)11/h7H,3-6H2,1-2H3,(H,9,10). The Morgan fingerprint density at radius 2 is 2.54 bits per heavy atom. The first kappa shape index (κ1) is 11.0. The monoisotopic (exact) mass is 220 g/mol. The lowest BCUT2D eigenvalue weighted by Gasteiger charge is -2.21. The smallest absolute Gasteiger partial charge is 0.156 e. The molecule has 3 nitrogen and oxygen atoms in total.